The molecule has 3 aromatic rings. The Morgan fingerprint density at radius 1 is 0.845 bits per heavy atom. The summed E-state index contributed by atoms with van der Waals surface area (Å²) in [5.41, 5.74) is 8.54. The molecule has 1 aliphatic rings. The second-order valence-corrected chi connectivity index (χ2v) is 15.1. The average molecular weight is 805 g/mol. The van der Waals surface area contributed by atoms with Gasteiger partial charge in [0.05, 0.1) is 19.2 Å². The number of carbonyl (C=O) groups is 7. The maximum atomic E-state index is 13.9. The van der Waals surface area contributed by atoms with E-state index in [-0.39, 0.29) is 25.3 Å². The van der Waals surface area contributed by atoms with Crippen molar-refractivity contribution in [2.24, 2.45) is 17.6 Å². The zero-order valence-corrected chi connectivity index (χ0v) is 33.3. The Morgan fingerprint density at radius 3 is 2.19 bits per heavy atom. The molecule has 314 valence electrons. The molecular weight excluding hydrogens is 748 g/mol. The standard InChI is InChI=1S/C41H56N8O9/c1-5-24(4)35(48-38(54)32-16-11-17-49(32)40(56)34(23(2)3)47-36(52)28(42)18-25-12-7-6-8-13-25)39(55)46-31(22-50)37(53)44-21-33(51)45-30(41(57)58)19-26-20-43-29-15-10-9-14-27(26)29/h6-10,12-15,20,23-24,28,30-32,34-35,43,50H,5,11,16-19,21-22,42H2,1-4H3,(H,44,53)(H,45,51)(H,46,55)(H,47,52)(H,48,54)(H,57,58)/t24-,28-,30-,31-,32-,34-,35-/m0/s1. The van der Waals surface area contributed by atoms with Gasteiger partial charge in [-0.25, -0.2) is 4.79 Å². The van der Waals surface area contributed by atoms with Gasteiger partial charge in [-0.2, -0.15) is 0 Å². The fourth-order valence-electron chi connectivity index (χ4n) is 6.88. The van der Waals surface area contributed by atoms with Crippen LogP contribution in [0.15, 0.2) is 60.8 Å². The van der Waals surface area contributed by atoms with Gasteiger partial charge in [0.2, 0.25) is 35.4 Å². The zero-order valence-electron chi connectivity index (χ0n) is 33.3. The van der Waals surface area contributed by atoms with Gasteiger partial charge in [0.1, 0.15) is 30.2 Å². The molecule has 2 heterocycles. The number of para-hydroxylation sites is 1. The summed E-state index contributed by atoms with van der Waals surface area (Å²) in [6, 6.07) is 9.75. The Bertz CT molecular complexity index is 1920. The molecule has 7 atom stereocenters. The Kier molecular flexibility index (Phi) is 16.3. The van der Waals surface area contributed by atoms with Crippen LogP contribution in [0.5, 0.6) is 0 Å². The largest absolute Gasteiger partial charge is 0.480 e. The number of aromatic nitrogens is 1. The number of amides is 6. The van der Waals surface area contributed by atoms with Gasteiger partial charge in [-0.3, -0.25) is 28.8 Å². The minimum atomic E-state index is -1.52. The van der Waals surface area contributed by atoms with Crippen molar-refractivity contribution in [2.45, 2.75) is 96.1 Å². The first-order chi connectivity index (χ1) is 27.6. The van der Waals surface area contributed by atoms with Crippen LogP contribution >= 0.6 is 0 Å². The van der Waals surface area contributed by atoms with E-state index in [4.69, 9.17) is 5.73 Å². The number of nitrogens with zero attached hydrogens (tertiary/aromatic N) is 1. The number of rotatable bonds is 20. The molecule has 1 saturated heterocycles. The van der Waals surface area contributed by atoms with E-state index in [2.05, 4.69) is 31.6 Å². The number of aliphatic hydroxyl groups excluding tert-OH is 1. The van der Waals surface area contributed by atoms with E-state index in [0.29, 0.717) is 24.8 Å². The summed E-state index contributed by atoms with van der Waals surface area (Å²) in [5.74, 6) is -6.10. The number of nitrogens with one attached hydrogen (secondary N) is 6. The molecule has 1 aliphatic heterocycles. The van der Waals surface area contributed by atoms with Crippen molar-refractivity contribution in [3.05, 3.63) is 71.9 Å². The lowest BCUT2D eigenvalue weighted by Gasteiger charge is -2.32. The molecule has 1 fully saturated rings. The lowest BCUT2D eigenvalue weighted by molar-refractivity contribution is -0.143. The monoisotopic (exact) mass is 804 g/mol. The van der Waals surface area contributed by atoms with Crippen LogP contribution in [0.3, 0.4) is 0 Å². The normalized spacial score (nSPS) is 17.0. The van der Waals surface area contributed by atoms with Gasteiger partial charge >= 0.3 is 5.97 Å². The number of aliphatic hydroxyl groups is 1. The molecule has 17 heteroatoms. The van der Waals surface area contributed by atoms with Crippen LogP contribution in [0.1, 0.15) is 58.1 Å². The van der Waals surface area contributed by atoms with Crippen molar-refractivity contribution in [1.29, 1.82) is 0 Å². The molecule has 6 amide bonds. The number of aromatic amines is 1. The summed E-state index contributed by atoms with van der Waals surface area (Å²) >= 11 is 0. The van der Waals surface area contributed by atoms with Crippen molar-refractivity contribution in [1.82, 2.24) is 36.5 Å². The lowest BCUT2D eigenvalue weighted by atomic mass is 9.97. The van der Waals surface area contributed by atoms with Crippen LogP contribution in [0, 0.1) is 11.8 Å². The first kappa shape index (κ1) is 44.9. The zero-order chi connectivity index (χ0) is 42.5. The second kappa shape index (κ2) is 21.1. The van der Waals surface area contributed by atoms with Gasteiger partial charge in [-0.15, -0.1) is 0 Å². The van der Waals surface area contributed by atoms with Crippen molar-refractivity contribution >= 4 is 52.3 Å². The highest BCUT2D eigenvalue weighted by molar-refractivity contribution is 5.97. The number of carboxylic acids is 1. The minimum Gasteiger partial charge on any atom is -0.480 e. The number of aliphatic carboxylic acids is 1. The smallest absolute Gasteiger partial charge is 0.326 e. The number of nitrogens with two attached hydrogens (primary N) is 1. The van der Waals surface area contributed by atoms with E-state index in [1.54, 1.807) is 33.9 Å². The second-order valence-electron chi connectivity index (χ2n) is 15.1. The fraction of sp³-hybridized carbons (Fsp3) is 0.488. The molecule has 0 spiro atoms. The molecule has 0 bridgehead atoms. The van der Waals surface area contributed by atoms with Gasteiger partial charge in [0.25, 0.3) is 0 Å². The number of hydrogen-bond donors (Lipinski definition) is 9. The molecule has 17 nitrogen and oxygen atoms in total. The molecule has 0 aliphatic carbocycles. The van der Waals surface area contributed by atoms with Gasteiger partial charge < -0.3 is 52.4 Å². The molecular formula is C41H56N8O9. The van der Waals surface area contributed by atoms with Crippen LogP contribution in [0.4, 0.5) is 0 Å². The van der Waals surface area contributed by atoms with E-state index in [1.807, 2.05) is 54.6 Å². The van der Waals surface area contributed by atoms with Crippen LogP contribution in [0.2, 0.25) is 0 Å². The summed E-state index contributed by atoms with van der Waals surface area (Å²) in [6.45, 7) is 5.84. The molecule has 4 rings (SSSR count). The number of hydrogen-bond acceptors (Lipinski definition) is 9. The first-order valence-electron chi connectivity index (χ1n) is 19.6. The van der Waals surface area contributed by atoms with Crippen LogP contribution in [-0.4, -0.2) is 117 Å². The average Bonchev–Trinajstić information content (AvgIpc) is 3.87. The predicted octanol–water partition coefficient (Wildman–Crippen LogP) is 0.106. The highest BCUT2D eigenvalue weighted by Gasteiger charge is 2.41. The molecule has 0 radical (unpaired) electrons. The van der Waals surface area contributed by atoms with Crippen LogP contribution in [0.25, 0.3) is 10.9 Å². The number of carboxylic acid groups (broad SMARTS) is 1. The maximum absolute atomic E-state index is 13.9. The predicted molar refractivity (Wildman–Crippen MR) is 215 cm³/mol. The van der Waals surface area contributed by atoms with Crippen molar-refractivity contribution in [3.8, 4) is 0 Å². The van der Waals surface area contributed by atoms with E-state index in [9.17, 15) is 43.8 Å². The lowest BCUT2D eigenvalue weighted by Crippen LogP contribution is -2.60. The summed E-state index contributed by atoms with van der Waals surface area (Å²) in [4.78, 5) is 96.5. The van der Waals surface area contributed by atoms with Crippen LogP contribution < -0.4 is 32.3 Å². The number of likely N-dealkylation sites (tertiary alicyclic amines) is 1. The highest BCUT2D eigenvalue weighted by atomic mass is 16.4. The third kappa shape index (κ3) is 11.9. The molecule has 2 aromatic carbocycles. The number of fused-ring (bicyclic) bond motifs is 1. The van der Waals surface area contributed by atoms with Gasteiger partial charge in [-0.05, 0) is 48.3 Å². The summed E-state index contributed by atoms with van der Waals surface area (Å²) in [5, 5.41) is 33.3. The maximum Gasteiger partial charge on any atom is 0.326 e. The highest BCUT2D eigenvalue weighted by Crippen LogP contribution is 2.22. The molecule has 0 unspecified atom stereocenters. The Hall–Kier alpha value is -5.81. The van der Waals surface area contributed by atoms with Crippen molar-refractivity contribution < 1.29 is 43.8 Å². The quantitative estimate of drug-likeness (QED) is 0.0744. The summed E-state index contributed by atoms with van der Waals surface area (Å²) < 4.78 is 0. The Labute approximate surface area is 337 Å². The van der Waals surface area contributed by atoms with Gasteiger partial charge in [-0.1, -0.05) is 82.6 Å². The number of benzene rings is 2. The minimum absolute atomic E-state index is 0.0252. The fourth-order valence-corrected chi connectivity index (χ4v) is 6.88. The van der Waals surface area contributed by atoms with E-state index < -0.39 is 96.7 Å². The Morgan fingerprint density at radius 2 is 1.53 bits per heavy atom. The SMILES string of the molecule is CC[C@H](C)[C@H](NC(=O)[C@@H]1CCCN1C(=O)[C@@H](NC(=O)[C@@H](N)Cc1ccccc1)C(C)C)C(=O)N[C@@H](CO)C(=O)NCC(=O)N[C@@H](Cc1c[nH]c2ccccc12)C(=O)O. The third-order valence-electron chi connectivity index (χ3n) is 10.5. The molecule has 0 saturated carbocycles. The number of H-pyrrole nitrogens is 1. The first-order valence-corrected chi connectivity index (χ1v) is 19.6. The molecule has 1 aromatic heterocycles. The summed E-state index contributed by atoms with van der Waals surface area (Å²) in [7, 11) is 0. The number of carbonyl (C=O) groups excluding carboxylic acids is 6. The summed E-state index contributed by atoms with van der Waals surface area (Å²) in [6.07, 6.45) is 3.17. The van der Waals surface area contributed by atoms with Crippen molar-refractivity contribution in [3.63, 3.8) is 0 Å². The van der Waals surface area contributed by atoms with E-state index in [0.717, 1.165) is 16.5 Å². The van der Waals surface area contributed by atoms with E-state index >= 15 is 0 Å². The molecule has 10 N–H and O–H groups in total. The third-order valence-corrected chi connectivity index (χ3v) is 10.5. The van der Waals surface area contributed by atoms with Crippen molar-refractivity contribution in [2.75, 3.05) is 19.7 Å². The van der Waals surface area contributed by atoms with Gasteiger partial charge in [0, 0.05) is 30.1 Å². The van der Waals surface area contributed by atoms with Crippen LogP contribution in [-0.2, 0) is 46.4 Å². The molecule has 58 heavy (non-hydrogen) atoms. The van der Waals surface area contributed by atoms with Gasteiger partial charge in [0.15, 0.2) is 0 Å². The Balaban J connectivity index is 1.34. The topological polar surface area (TPSA) is 265 Å². The van der Waals surface area contributed by atoms with E-state index in [1.165, 1.54) is 4.90 Å².